The van der Waals surface area contributed by atoms with Gasteiger partial charge in [-0.2, -0.15) is 4.98 Å². The lowest BCUT2D eigenvalue weighted by atomic mass is 10.3. The molecule has 0 N–H and O–H groups in total. The smallest absolute Gasteiger partial charge is 0.227 e. The van der Waals surface area contributed by atoms with Crippen molar-refractivity contribution in [1.29, 1.82) is 0 Å². The van der Waals surface area contributed by atoms with Gasteiger partial charge in [0.25, 0.3) is 0 Å². The molecule has 2 aliphatic rings. The molecule has 6 heteroatoms. The number of hydrogen-bond acceptors (Lipinski definition) is 5. The van der Waals surface area contributed by atoms with Gasteiger partial charge in [0.05, 0.1) is 0 Å². The molecule has 21 heavy (non-hydrogen) atoms. The Morgan fingerprint density at radius 1 is 1.10 bits per heavy atom. The summed E-state index contributed by atoms with van der Waals surface area (Å²) in [5, 5.41) is 0. The molecule has 0 aliphatic carbocycles. The zero-order valence-electron chi connectivity index (χ0n) is 12.7. The number of hydrogen-bond donors (Lipinski definition) is 0. The highest BCUT2D eigenvalue weighted by atomic mass is 16.2. The monoisotopic (exact) mass is 289 g/mol. The van der Waals surface area contributed by atoms with Crippen LogP contribution in [0.5, 0.6) is 0 Å². The van der Waals surface area contributed by atoms with Crippen LogP contribution in [0.25, 0.3) is 0 Å². The second-order valence-electron chi connectivity index (χ2n) is 5.63. The minimum atomic E-state index is 0.245. The minimum absolute atomic E-state index is 0.245. The van der Waals surface area contributed by atoms with Crippen LogP contribution in [0.4, 0.5) is 11.8 Å². The molecule has 2 fully saturated rings. The predicted octanol–water partition coefficient (Wildman–Crippen LogP) is 1.14. The average molecular weight is 289 g/mol. The summed E-state index contributed by atoms with van der Waals surface area (Å²) < 4.78 is 0. The maximum absolute atomic E-state index is 11.7. The summed E-state index contributed by atoms with van der Waals surface area (Å²) in [6.07, 6.45) is 4.89. The Labute approximate surface area is 125 Å². The van der Waals surface area contributed by atoms with Gasteiger partial charge in [0.15, 0.2) is 0 Å². The number of anilines is 2. The van der Waals surface area contributed by atoms with Crippen LogP contribution in [0.3, 0.4) is 0 Å². The van der Waals surface area contributed by atoms with E-state index in [9.17, 15) is 4.79 Å². The molecular formula is C15H23N5O. The molecule has 3 heterocycles. The van der Waals surface area contributed by atoms with Crippen LogP contribution < -0.4 is 9.80 Å². The molecule has 0 radical (unpaired) electrons. The van der Waals surface area contributed by atoms with Crippen molar-refractivity contribution in [2.75, 3.05) is 49.1 Å². The van der Waals surface area contributed by atoms with E-state index in [0.717, 1.165) is 51.0 Å². The third-order valence-corrected chi connectivity index (χ3v) is 4.28. The van der Waals surface area contributed by atoms with Crippen LogP contribution >= 0.6 is 0 Å². The first kappa shape index (κ1) is 14.1. The van der Waals surface area contributed by atoms with Gasteiger partial charge in [0, 0.05) is 51.9 Å². The van der Waals surface area contributed by atoms with Crippen LogP contribution in [0, 0.1) is 0 Å². The molecule has 1 amide bonds. The lowest BCUT2D eigenvalue weighted by Gasteiger charge is -2.35. The molecular weight excluding hydrogens is 266 g/mol. The van der Waals surface area contributed by atoms with E-state index in [-0.39, 0.29) is 5.91 Å². The third-order valence-electron chi connectivity index (χ3n) is 4.28. The summed E-state index contributed by atoms with van der Waals surface area (Å²) in [5.41, 5.74) is 0. The first-order valence-corrected chi connectivity index (χ1v) is 7.88. The predicted molar refractivity (Wildman–Crippen MR) is 82.6 cm³/mol. The molecule has 0 spiro atoms. The lowest BCUT2D eigenvalue weighted by Crippen LogP contribution is -2.48. The van der Waals surface area contributed by atoms with Crippen molar-refractivity contribution in [3.63, 3.8) is 0 Å². The van der Waals surface area contributed by atoms with Crippen molar-refractivity contribution in [1.82, 2.24) is 14.9 Å². The van der Waals surface area contributed by atoms with E-state index in [1.54, 1.807) is 0 Å². The van der Waals surface area contributed by atoms with Crippen molar-refractivity contribution in [2.45, 2.75) is 26.2 Å². The van der Waals surface area contributed by atoms with Gasteiger partial charge in [0.1, 0.15) is 5.82 Å². The van der Waals surface area contributed by atoms with Gasteiger partial charge < -0.3 is 14.7 Å². The van der Waals surface area contributed by atoms with Crippen molar-refractivity contribution in [2.24, 2.45) is 0 Å². The van der Waals surface area contributed by atoms with E-state index in [1.807, 2.05) is 24.1 Å². The fourth-order valence-electron chi connectivity index (χ4n) is 2.99. The molecule has 1 aromatic heterocycles. The number of carbonyl (C=O) groups excluding carboxylic acids is 1. The van der Waals surface area contributed by atoms with Crippen LogP contribution in [-0.4, -0.2) is 60.0 Å². The summed E-state index contributed by atoms with van der Waals surface area (Å²) in [5.74, 6) is 2.07. The van der Waals surface area contributed by atoms with E-state index in [2.05, 4.69) is 14.8 Å². The second kappa shape index (κ2) is 6.28. The molecule has 1 aromatic rings. The number of amides is 1. The van der Waals surface area contributed by atoms with Gasteiger partial charge in [-0.25, -0.2) is 4.98 Å². The Hall–Kier alpha value is -1.85. The summed E-state index contributed by atoms with van der Waals surface area (Å²) in [6, 6.07) is 1.97. The Balaban J connectivity index is 1.65. The van der Waals surface area contributed by atoms with Gasteiger partial charge in [0.2, 0.25) is 11.9 Å². The average Bonchev–Trinajstić information content (AvgIpc) is 3.09. The highest BCUT2D eigenvalue weighted by Crippen LogP contribution is 2.20. The van der Waals surface area contributed by atoms with Gasteiger partial charge in [-0.3, -0.25) is 4.79 Å². The van der Waals surface area contributed by atoms with Gasteiger partial charge in [-0.1, -0.05) is 6.92 Å². The Morgan fingerprint density at radius 2 is 1.81 bits per heavy atom. The van der Waals surface area contributed by atoms with Crippen molar-refractivity contribution >= 4 is 17.7 Å². The Morgan fingerprint density at radius 3 is 2.48 bits per heavy atom. The van der Waals surface area contributed by atoms with Crippen LogP contribution in [0.15, 0.2) is 12.3 Å². The zero-order valence-corrected chi connectivity index (χ0v) is 12.7. The molecule has 6 nitrogen and oxygen atoms in total. The number of carbonyl (C=O) groups is 1. The summed E-state index contributed by atoms with van der Waals surface area (Å²) in [4.78, 5) is 27.3. The van der Waals surface area contributed by atoms with Gasteiger partial charge in [-0.05, 0) is 18.9 Å². The largest absolute Gasteiger partial charge is 0.353 e. The normalized spacial score (nSPS) is 19.2. The molecule has 0 saturated carbocycles. The maximum Gasteiger partial charge on any atom is 0.227 e. The fourth-order valence-corrected chi connectivity index (χ4v) is 2.99. The van der Waals surface area contributed by atoms with Crippen LogP contribution in [0.1, 0.15) is 26.2 Å². The molecule has 0 atom stereocenters. The van der Waals surface area contributed by atoms with Crippen LogP contribution in [0.2, 0.25) is 0 Å². The standard InChI is InChI=1S/C15H23N5O/c1-2-14(21)19-11-9-18(10-12-19)13-5-6-16-15(17-13)20-7-3-4-8-20/h5-6H,2-4,7-12H2,1H3. The number of rotatable bonds is 3. The summed E-state index contributed by atoms with van der Waals surface area (Å²) in [7, 11) is 0. The number of aromatic nitrogens is 2. The molecule has 0 unspecified atom stereocenters. The minimum Gasteiger partial charge on any atom is -0.353 e. The highest BCUT2D eigenvalue weighted by Gasteiger charge is 2.22. The van der Waals surface area contributed by atoms with E-state index in [0.29, 0.717) is 6.42 Å². The number of nitrogens with zero attached hydrogens (tertiary/aromatic N) is 5. The van der Waals surface area contributed by atoms with Gasteiger partial charge >= 0.3 is 0 Å². The van der Waals surface area contributed by atoms with Gasteiger partial charge in [-0.15, -0.1) is 0 Å². The van der Waals surface area contributed by atoms with E-state index in [4.69, 9.17) is 4.98 Å². The third kappa shape index (κ3) is 3.09. The first-order chi connectivity index (χ1) is 10.3. The zero-order chi connectivity index (χ0) is 14.7. The second-order valence-corrected chi connectivity index (χ2v) is 5.63. The number of piperazine rings is 1. The molecule has 0 aromatic carbocycles. The lowest BCUT2D eigenvalue weighted by molar-refractivity contribution is -0.131. The highest BCUT2D eigenvalue weighted by molar-refractivity contribution is 5.76. The van der Waals surface area contributed by atoms with E-state index < -0.39 is 0 Å². The SMILES string of the molecule is CCC(=O)N1CCN(c2ccnc(N3CCCC3)n2)CC1. The van der Waals surface area contributed by atoms with Crippen LogP contribution in [-0.2, 0) is 4.79 Å². The topological polar surface area (TPSA) is 52.6 Å². The molecule has 2 saturated heterocycles. The Kier molecular flexibility index (Phi) is 4.22. The summed E-state index contributed by atoms with van der Waals surface area (Å²) >= 11 is 0. The quantitative estimate of drug-likeness (QED) is 0.835. The maximum atomic E-state index is 11.7. The van der Waals surface area contributed by atoms with Crippen molar-refractivity contribution in [3.05, 3.63) is 12.3 Å². The molecule has 3 rings (SSSR count). The summed E-state index contributed by atoms with van der Waals surface area (Å²) in [6.45, 7) is 7.31. The van der Waals surface area contributed by atoms with Crippen molar-refractivity contribution < 1.29 is 4.79 Å². The fraction of sp³-hybridized carbons (Fsp3) is 0.667. The Bertz CT molecular complexity index is 493. The first-order valence-electron chi connectivity index (χ1n) is 7.88. The van der Waals surface area contributed by atoms with Crippen molar-refractivity contribution in [3.8, 4) is 0 Å². The molecule has 0 bridgehead atoms. The van der Waals surface area contributed by atoms with E-state index in [1.165, 1.54) is 12.8 Å². The molecule has 2 aliphatic heterocycles. The molecule has 114 valence electrons. The van der Waals surface area contributed by atoms with E-state index >= 15 is 0 Å².